The van der Waals surface area contributed by atoms with Crippen molar-refractivity contribution in [2.45, 2.75) is 37.0 Å². The first kappa shape index (κ1) is 19.4. The molecule has 4 amide bonds. The molecular weight excluding hydrogens is 402 g/mol. The maximum atomic E-state index is 13.5. The van der Waals surface area contributed by atoms with Crippen molar-refractivity contribution in [3.63, 3.8) is 0 Å². The molecule has 0 aliphatic carbocycles. The molecule has 4 atom stereocenters. The van der Waals surface area contributed by atoms with Gasteiger partial charge < -0.3 is 29.4 Å². The number of likely N-dealkylation sites (tertiary alicyclic amines) is 1. The first-order valence-electron chi connectivity index (χ1n) is 10.3. The van der Waals surface area contributed by atoms with Gasteiger partial charge in [-0.2, -0.15) is 0 Å². The number of nitrogens with zero attached hydrogens (tertiary/aromatic N) is 3. The molecule has 3 aliphatic heterocycles. The number of carbonyl (C=O) groups is 4. The average molecular weight is 425 g/mol. The monoisotopic (exact) mass is 425 g/mol. The summed E-state index contributed by atoms with van der Waals surface area (Å²) in [4.78, 5) is 54.8. The SMILES string of the molecule is Cn1cccc1C(=O)N1CCC2NC(=O)C3CC(NC(=O)c4ccco4)CN3C(=O)C21. The summed E-state index contributed by atoms with van der Waals surface area (Å²) in [5, 5.41) is 5.79. The standard InChI is InChI=1S/C21H23N5O5/c1-24-7-2-4-14(24)20(29)25-8-6-13-17(25)21(30)26-11-12(10-15(26)18(27)23-13)22-19(28)16-5-3-9-31-16/h2-5,7,9,12-13,15,17H,6,8,10-11H2,1H3,(H,22,28)(H,23,27). The molecule has 4 unspecified atom stereocenters. The Morgan fingerprint density at radius 1 is 1.23 bits per heavy atom. The number of nitrogens with one attached hydrogen (secondary N) is 2. The second-order valence-electron chi connectivity index (χ2n) is 8.24. The van der Waals surface area contributed by atoms with Gasteiger partial charge in [0, 0.05) is 32.4 Å². The zero-order chi connectivity index (χ0) is 21.7. The van der Waals surface area contributed by atoms with Crippen LogP contribution < -0.4 is 10.6 Å². The van der Waals surface area contributed by atoms with Crippen LogP contribution in [0, 0.1) is 0 Å². The van der Waals surface area contributed by atoms with Gasteiger partial charge in [0.2, 0.25) is 11.8 Å². The van der Waals surface area contributed by atoms with Crippen molar-refractivity contribution in [1.82, 2.24) is 25.0 Å². The normalized spacial score (nSPS) is 27.5. The molecule has 5 rings (SSSR count). The Bertz CT molecular complexity index is 1040. The molecule has 31 heavy (non-hydrogen) atoms. The second kappa shape index (κ2) is 7.29. The number of hydrogen-bond acceptors (Lipinski definition) is 5. The number of aryl methyl sites for hydroxylation is 1. The lowest BCUT2D eigenvalue weighted by Gasteiger charge is -2.29. The number of fused-ring (bicyclic) bond motifs is 2. The minimum Gasteiger partial charge on any atom is -0.459 e. The molecule has 0 saturated carbocycles. The predicted molar refractivity (Wildman–Crippen MR) is 107 cm³/mol. The first-order valence-corrected chi connectivity index (χ1v) is 10.3. The number of aromatic nitrogens is 1. The zero-order valence-electron chi connectivity index (χ0n) is 17.0. The van der Waals surface area contributed by atoms with Gasteiger partial charge in [0.05, 0.1) is 12.3 Å². The fourth-order valence-electron chi connectivity index (χ4n) is 4.85. The molecule has 10 heteroatoms. The van der Waals surface area contributed by atoms with E-state index in [1.165, 1.54) is 11.2 Å². The first-order chi connectivity index (χ1) is 14.9. The summed E-state index contributed by atoms with van der Waals surface area (Å²) >= 11 is 0. The van der Waals surface area contributed by atoms with Crippen molar-refractivity contribution in [3.05, 3.63) is 48.2 Å². The lowest BCUT2D eigenvalue weighted by Crippen LogP contribution is -2.52. The van der Waals surface area contributed by atoms with Gasteiger partial charge in [0.1, 0.15) is 17.8 Å². The van der Waals surface area contributed by atoms with Crippen molar-refractivity contribution in [2.24, 2.45) is 7.05 Å². The predicted octanol–water partition coefficient (Wildman–Crippen LogP) is -0.269. The van der Waals surface area contributed by atoms with Crippen LogP contribution in [0.5, 0.6) is 0 Å². The van der Waals surface area contributed by atoms with Gasteiger partial charge in [0.25, 0.3) is 11.8 Å². The molecule has 0 radical (unpaired) electrons. The molecule has 10 nitrogen and oxygen atoms in total. The molecule has 3 saturated heterocycles. The highest BCUT2D eigenvalue weighted by molar-refractivity contribution is 6.00. The van der Waals surface area contributed by atoms with E-state index >= 15 is 0 Å². The van der Waals surface area contributed by atoms with Crippen molar-refractivity contribution in [3.8, 4) is 0 Å². The van der Waals surface area contributed by atoms with E-state index in [0.29, 0.717) is 25.1 Å². The van der Waals surface area contributed by atoms with Crippen LogP contribution >= 0.6 is 0 Å². The smallest absolute Gasteiger partial charge is 0.287 e. The maximum Gasteiger partial charge on any atom is 0.287 e. The van der Waals surface area contributed by atoms with E-state index in [9.17, 15) is 19.2 Å². The maximum absolute atomic E-state index is 13.5. The summed E-state index contributed by atoms with van der Waals surface area (Å²) in [6.45, 7) is 0.599. The molecule has 2 N–H and O–H groups in total. The zero-order valence-corrected chi connectivity index (χ0v) is 17.0. The van der Waals surface area contributed by atoms with Gasteiger partial charge in [0.15, 0.2) is 5.76 Å². The summed E-state index contributed by atoms with van der Waals surface area (Å²) in [7, 11) is 1.78. The van der Waals surface area contributed by atoms with E-state index < -0.39 is 18.1 Å². The Labute approximate surface area is 178 Å². The molecule has 3 aliphatic rings. The minimum atomic E-state index is -0.754. The molecular formula is C21H23N5O5. The van der Waals surface area contributed by atoms with Crippen molar-refractivity contribution < 1.29 is 23.6 Å². The third-order valence-electron chi connectivity index (χ3n) is 6.37. The molecule has 2 aromatic rings. The number of furan rings is 1. The fraction of sp³-hybridized carbons (Fsp3) is 0.429. The van der Waals surface area contributed by atoms with E-state index in [2.05, 4.69) is 10.6 Å². The number of rotatable bonds is 3. The van der Waals surface area contributed by atoms with Crippen LogP contribution in [0.3, 0.4) is 0 Å². The highest BCUT2D eigenvalue weighted by atomic mass is 16.3. The summed E-state index contributed by atoms with van der Waals surface area (Å²) < 4.78 is 6.83. The van der Waals surface area contributed by atoms with E-state index in [1.54, 1.807) is 47.0 Å². The van der Waals surface area contributed by atoms with Crippen LogP contribution in [-0.2, 0) is 16.6 Å². The highest BCUT2D eigenvalue weighted by Gasteiger charge is 2.52. The van der Waals surface area contributed by atoms with E-state index in [1.807, 2.05) is 0 Å². The van der Waals surface area contributed by atoms with Crippen LogP contribution in [0.25, 0.3) is 0 Å². The molecule has 3 fully saturated rings. The van der Waals surface area contributed by atoms with Crippen molar-refractivity contribution in [1.29, 1.82) is 0 Å². The Hall–Kier alpha value is -3.56. The number of carbonyl (C=O) groups excluding carboxylic acids is 4. The van der Waals surface area contributed by atoms with Crippen LogP contribution in [-0.4, -0.2) is 75.3 Å². The summed E-state index contributed by atoms with van der Waals surface area (Å²) in [5.74, 6) is -0.956. The van der Waals surface area contributed by atoms with Gasteiger partial charge in [-0.05, 0) is 37.1 Å². The van der Waals surface area contributed by atoms with E-state index in [0.717, 1.165) is 0 Å². The largest absolute Gasteiger partial charge is 0.459 e. The minimum absolute atomic E-state index is 0.174. The quantitative estimate of drug-likeness (QED) is 0.702. The Kier molecular flexibility index (Phi) is 4.57. The average Bonchev–Trinajstić information content (AvgIpc) is 3.52. The third-order valence-corrected chi connectivity index (χ3v) is 6.37. The summed E-state index contributed by atoms with van der Waals surface area (Å²) in [5.41, 5.74) is 0.491. The van der Waals surface area contributed by atoms with Crippen LogP contribution in [0.15, 0.2) is 41.1 Å². The summed E-state index contributed by atoms with van der Waals surface area (Å²) in [6.07, 6.45) is 4.03. The van der Waals surface area contributed by atoms with Gasteiger partial charge in [-0.1, -0.05) is 0 Å². The lowest BCUT2D eigenvalue weighted by atomic mass is 10.1. The Morgan fingerprint density at radius 2 is 2.06 bits per heavy atom. The van der Waals surface area contributed by atoms with Crippen molar-refractivity contribution >= 4 is 23.6 Å². The van der Waals surface area contributed by atoms with Crippen LogP contribution in [0.2, 0.25) is 0 Å². The Morgan fingerprint density at radius 3 is 2.77 bits per heavy atom. The van der Waals surface area contributed by atoms with Crippen molar-refractivity contribution in [2.75, 3.05) is 13.1 Å². The summed E-state index contributed by atoms with van der Waals surface area (Å²) in [6, 6.07) is 4.44. The molecule has 5 heterocycles. The molecule has 0 bridgehead atoms. The topological polar surface area (TPSA) is 117 Å². The van der Waals surface area contributed by atoms with Gasteiger partial charge in [-0.15, -0.1) is 0 Å². The van der Waals surface area contributed by atoms with Gasteiger partial charge in [-0.3, -0.25) is 19.2 Å². The van der Waals surface area contributed by atoms with Gasteiger partial charge >= 0.3 is 0 Å². The molecule has 0 spiro atoms. The fourth-order valence-corrected chi connectivity index (χ4v) is 4.85. The second-order valence-corrected chi connectivity index (χ2v) is 8.24. The highest BCUT2D eigenvalue weighted by Crippen LogP contribution is 2.30. The number of hydrogen-bond donors (Lipinski definition) is 2. The third kappa shape index (κ3) is 3.18. The van der Waals surface area contributed by atoms with E-state index in [4.69, 9.17) is 4.42 Å². The van der Waals surface area contributed by atoms with Gasteiger partial charge in [-0.25, -0.2) is 0 Å². The van der Waals surface area contributed by atoms with Crippen LogP contribution in [0.4, 0.5) is 0 Å². The van der Waals surface area contributed by atoms with Crippen LogP contribution in [0.1, 0.15) is 33.9 Å². The lowest BCUT2D eigenvalue weighted by molar-refractivity contribution is -0.138. The molecule has 2 aromatic heterocycles. The van der Waals surface area contributed by atoms with E-state index in [-0.39, 0.29) is 42.0 Å². The number of amides is 4. The Balaban J connectivity index is 1.36. The molecule has 162 valence electrons. The molecule has 0 aromatic carbocycles.